The molecule has 0 bridgehead atoms. The minimum atomic E-state index is 0.892. The molecule has 5 heteroatoms. The average Bonchev–Trinajstić information content (AvgIpc) is 3.04. The molecule has 0 aliphatic carbocycles. The minimum absolute atomic E-state index is 0.892. The number of fused-ring (bicyclic) bond motifs is 5. The van der Waals surface area contributed by atoms with Gasteiger partial charge in [-0.3, -0.25) is 9.89 Å². The summed E-state index contributed by atoms with van der Waals surface area (Å²) in [6.07, 6.45) is 2.24. The van der Waals surface area contributed by atoms with E-state index in [0.717, 1.165) is 83.9 Å². The van der Waals surface area contributed by atoms with Crippen LogP contribution in [0.4, 0.5) is 5.82 Å². The highest BCUT2D eigenvalue weighted by molar-refractivity contribution is 6.05. The summed E-state index contributed by atoms with van der Waals surface area (Å²) in [7, 11) is 0. The maximum Gasteiger partial charge on any atom is 0.202 e. The third kappa shape index (κ3) is 3.97. The zero-order valence-corrected chi connectivity index (χ0v) is 22.3. The Hall–Kier alpha value is -4.77. The van der Waals surface area contributed by atoms with Crippen molar-refractivity contribution in [2.24, 2.45) is 4.99 Å². The van der Waals surface area contributed by atoms with Crippen LogP contribution in [0.5, 0.6) is 0 Å². The largest absolute Gasteiger partial charge is 0.342 e. The van der Waals surface area contributed by atoms with Gasteiger partial charge in [0.05, 0.1) is 16.7 Å². The van der Waals surface area contributed by atoms with Crippen LogP contribution in [0.25, 0.3) is 55.0 Å². The molecule has 2 aliphatic heterocycles. The standard InChI is InChI=1S/C35H29N5/c1-2-6-29-23-30(14-9-24(29)5-1)25-7-10-26(11-8-25)31-17-15-27-12-13-28-16-18-32(38-34(28)33(27)37-31)40-22-4-21-39-20-3-19-36-35(39)40/h1-2,5-18,23H,3-4,19-22H2. The number of aromatic nitrogens is 2. The molecule has 5 nitrogen and oxygen atoms in total. The number of benzene rings is 4. The quantitative estimate of drug-likeness (QED) is 0.227. The molecule has 0 spiro atoms. The molecular weight excluding hydrogens is 490 g/mol. The molecule has 8 rings (SSSR count). The van der Waals surface area contributed by atoms with E-state index in [4.69, 9.17) is 15.0 Å². The summed E-state index contributed by atoms with van der Waals surface area (Å²) >= 11 is 0. The number of nitrogens with zero attached hydrogens (tertiary/aromatic N) is 5. The lowest BCUT2D eigenvalue weighted by Crippen LogP contribution is -2.52. The number of guanidine groups is 1. The monoisotopic (exact) mass is 519 g/mol. The molecule has 0 unspecified atom stereocenters. The van der Waals surface area contributed by atoms with Crippen LogP contribution in [0.3, 0.4) is 0 Å². The molecular formula is C35H29N5. The molecule has 0 amide bonds. The fraction of sp³-hybridized carbons (Fsp3) is 0.171. The smallest absolute Gasteiger partial charge is 0.202 e. The summed E-state index contributed by atoms with van der Waals surface area (Å²) in [6, 6.07) is 36.7. The van der Waals surface area contributed by atoms with Crippen LogP contribution in [0.1, 0.15) is 12.8 Å². The Kier molecular flexibility index (Phi) is 5.47. The lowest BCUT2D eigenvalue weighted by molar-refractivity contribution is 0.359. The molecule has 4 aromatic carbocycles. The molecule has 1 saturated heterocycles. The summed E-state index contributed by atoms with van der Waals surface area (Å²) < 4.78 is 0. The van der Waals surface area contributed by atoms with Crippen molar-refractivity contribution in [3.05, 3.63) is 103 Å². The SMILES string of the molecule is c1ccc2cc(-c3ccc(-c4ccc5ccc6ccc(N7CCCN8CCCN=C87)nc6c5n4)cc3)ccc2c1. The fourth-order valence-corrected chi connectivity index (χ4v) is 6.12. The molecule has 0 saturated carbocycles. The molecule has 0 atom stereocenters. The fourth-order valence-electron chi connectivity index (χ4n) is 6.12. The van der Waals surface area contributed by atoms with Gasteiger partial charge in [-0.25, -0.2) is 9.97 Å². The molecule has 2 aromatic heterocycles. The van der Waals surface area contributed by atoms with E-state index in [1.54, 1.807) is 0 Å². The summed E-state index contributed by atoms with van der Waals surface area (Å²) in [5.41, 5.74) is 6.36. The molecule has 0 N–H and O–H groups in total. The van der Waals surface area contributed by atoms with Gasteiger partial charge in [0.2, 0.25) is 5.96 Å². The summed E-state index contributed by atoms with van der Waals surface area (Å²) in [5, 5.41) is 4.72. The third-order valence-corrected chi connectivity index (χ3v) is 8.22. The summed E-state index contributed by atoms with van der Waals surface area (Å²) in [6.45, 7) is 4.00. The predicted molar refractivity (Wildman–Crippen MR) is 166 cm³/mol. The number of pyridine rings is 2. The van der Waals surface area contributed by atoms with E-state index in [-0.39, 0.29) is 0 Å². The first kappa shape index (κ1) is 23.1. The van der Waals surface area contributed by atoms with Crippen molar-refractivity contribution in [3.8, 4) is 22.4 Å². The Morgan fingerprint density at radius 2 is 1.20 bits per heavy atom. The first-order valence-corrected chi connectivity index (χ1v) is 14.2. The minimum Gasteiger partial charge on any atom is -0.342 e. The molecule has 194 valence electrons. The van der Waals surface area contributed by atoms with E-state index in [1.807, 2.05) is 0 Å². The van der Waals surface area contributed by atoms with Gasteiger partial charge in [0, 0.05) is 42.5 Å². The number of aliphatic imine (C=N–C) groups is 1. The van der Waals surface area contributed by atoms with Crippen molar-refractivity contribution in [2.45, 2.75) is 12.8 Å². The first-order chi connectivity index (χ1) is 19.8. The average molecular weight is 520 g/mol. The zero-order valence-electron chi connectivity index (χ0n) is 22.3. The highest BCUT2D eigenvalue weighted by Gasteiger charge is 2.27. The highest BCUT2D eigenvalue weighted by Crippen LogP contribution is 2.31. The topological polar surface area (TPSA) is 44.6 Å². The van der Waals surface area contributed by atoms with Gasteiger partial charge in [-0.2, -0.15) is 0 Å². The molecule has 0 radical (unpaired) electrons. The van der Waals surface area contributed by atoms with Gasteiger partial charge in [0.25, 0.3) is 0 Å². The van der Waals surface area contributed by atoms with Gasteiger partial charge < -0.3 is 4.90 Å². The maximum absolute atomic E-state index is 5.19. The van der Waals surface area contributed by atoms with Crippen LogP contribution < -0.4 is 4.90 Å². The lowest BCUT2D eigenvalue weighted by atomic mass is 9.99. The van der Waals surface area contributed by atoms with E-state index in [2.05, 4.69) is 113 Å². The number of hydrogen-bond acceptors (Lipinski definition) is 5. The normalized spacial score (nSPS) is 15.4. The second-order valence-corrected chi connectivity index (χ2v) is 10.7. The van der Waals surface area contributed by atoms with Crippen LogP contribution in [0.2, 0.25) is 0 Å². The Labute approximate surface area is 233 Å². The summed E-state index contributed by atoms with van der Waals surface area (Å²) in [5.74, 6) is 2.03. The van der Waals surface area contributed by atoms with Crippen molar-refractivity contribution in [2.75, 3.05) is 31.1 Å². The third-order valence-electron chi connectivity index (χ3n) is 8.22. The van der Waals surface area contributed by atoms with E-state index in [9.17, 15) is 0 Å². The Balaban J connectivity index is 1.17. The van der Waals surface area contributed by atoms with Crippen molar-refractivity contribution in [1.82, 2.24) is 14.9 Å². The molecule has 4 heterocycles. The second-order valence-electron chi connectivity index (χ2n) is 10.7. The second kappa shape index (κ2) is 9.45. The molecule has 1 fully saturated rings. The van der Waals surface area contributed by atoms with E-state index >= 15 is 0 Å². The van der Waals surface area contributed by atoms with Gasteiger partial charge in [0.1, 0.15) is 5.82 Å². The van der Waals surface area contributed by atoms with Crippen LogP contribution in [-0.2, 0) is 0 Å². The zero-order chi connectivity index (χ0) is 26.5. The lowest BCUT2D eigenvalue weighted by Gasteiger charge is -2.40. The Morgan fingerprint density at radius 3 is 2.08 bits per heavy atom. The Bertz CT molecular complexity index is 1930. The number of hydrogen-bond donors (Lipinski definition) is 0. The van der Waals surface area contributed by atoms with Crippen LogP contribution in [-0.4, -0.2) is 47.0 Å². The van der Waals surface area contributed by atoms with Crippen LogP contribution in [0.15, 0.2) is 108 Å². The van der Waals surface area contributed by atoms with E-state index in [1.165, 1.54) is 21.9 Å². The van der Waals surface area contributed by atoms with Crippen molar-refractivity contribution in [3.63, 3.8) is 0 Å². The highest BCUT2D eigenvalue weighted by atomic mass is 15.4. The Morgan fingerprint density at radius 1 is 0.525 bits per heavy atom. The van der Waals surface area contributed by atoms with E-state index in [0.29, 0.717) is 0 Å². The van der Waals surface area contributed by atoms with Crippen molar-refractivity contribution in [1.29, 1.82) is 0 Å². The first-order valence-electron chi connectivity index (χ1n) is 14.2. The van der Waals surface area contributed by atoms with Crippen molar-refractivity contribution < 1.29 is 0 Å². The van der Waals surface area contributed by atoms with Gasteiger partial charge in [-0.05, 0) is 59.0 Å². The molecule has 6 aromatic rings. The van der Waals surface area contributed by atoms with Gasteiger partial charge in [-0.15, -0.1) is 0 Å². The van der Waals surface area contributed by atoms with Crippen LogP contribution >= 0.6 is 0 Å². The van der Waals surface area contributed by atoms with Gasteiger partial charge in [0.15, 0.2) is 0 Å². The van der Waals surface area contributed by atoms with E-state index < -0.39 is 0 Å². The molecule has 40 heavy (non-hydrogen) atoms. The molecule has 2 aliphatic rings. The van der Waals surface area contributed by atoms with Crippen LogP contribution in [0, 0.1) is 0 Å². The maximum atomic E-state index is 5.19. The predicted octanol–water partition coefficient (Wildman–Crippen LogP) is 7.54. The van der Waals surface area contributed by atoms with Gasteiger partial charge in [-0.1, -0.05) is 78.9 Å². The van der Waals surface area contributed by atoms with Gasteiger partial charge >= 0.3 is 0 Å². The number of anilines is 1. The van der Waals surface area contributed by atoms with Crippen molar-refractivity contribution >= 4 is 44.4 Å². The summed E-state index contributed by atoms with van der Waals surface area (Å²) in [4.78, 5) is 19.9. The number of rotatable bonds is 3.